The zero-order valence-corrected chi connectivity index (χ0v) is 13.2. The van der Waals surface area contributed by atoms with Crippen LogP contribution in [0.15, 0.2) is 18.2 Å². The average Bonchev–Trinajstić information content (AvgIpc) is 2.66. The van der Waals surface area contributed by atoms with E-state index in [4.69, 9.17) is 23.2 Å². The van der Waals surface area contributed by atoms with Gasteiger partial charge in [-0.2, -0.15) is 0 Å². The van der Waals surface area contributed by atoms with E-state index < -0.39 is 0 Å². The number of benzene rings is 1. The van der Waals surface area contributed by atoms with Gasteiger partial charge in [0.15, 0.2) is 0 Å². The molecule has 1 aliphatic rings. The van der Waals surface area contributed by atoms with Crippen LogP contribution in [-0.4, -0.2) is 42.4 Å². The summed E-state index contributed by atoms with van der Waals surface area (Å²) >= 11 is 11.9. The molecule has 21 heavy (non-hydrogen) atoms. The lowest BCUT2D eigenvalue weighted by molar-refractivity contribution is -0.122. The zero-order chi connectivity index (χ0) is 15.4. The summed E-state index contributed by atoms with van der Waals surface area (Å²) in [5.74, 6) is -0.139. The molecule has 0 bridgehead atoms. The molecule has 2 N–H and O–H groups in total. The van der Waals surface area contributed by atoms with Gasteiger partial charge in [-0.15, -0.1) is 0 Å². The molecule has 0 spiro atoms. The molecule has 2 rings (SSSR count). The van der Waals surface area contributed by atoms with Crippen molar-refractivity contribution in [2.24, 2.45) is 0 Å². The number of halogens is 2. The van der Waals surface area contributed by atoms with Gasteiger partial charge in [-0.1, -0.05) is 23.2 Å². The van der Waals surface area contributed by atoms with Crippen LogP contribution in [0.3, 0.4) is 0 Å². The molecule has 1 aliphatic heterocycles. The Bertz CT molecular complexity index is 551. The van der Waals surface area contributed by atoms with E-state index >= 15 is 0 Å². The lowest BCUT2D eigenvalue weighted by Crippen LogP contribution is -2.43. The van der Waals surface area contributed by atoms with Crippen LogP contribution in [0, 0.1) is 0 Å². The highest BCUT2D eigenvalue weighted by atomic mass is 35.5. The number of nitrogens with zero attached hydrogens (tertiary/aromatic N) is 1. The lowest BCUT2D eigenvalue weighted by atomic mass is 10.2. The second kappa shape index (κ2) is 7.11. The van der Waals surface area contributed by atoms with Gasteiger partial charge in [0.2, 0.25) is 11.8 Å². The molecule has 1 aromatic rings. The molecule has 0 radical (unpaired) electrons. The highest BCUT2D eigenvalue weighted by Crippen LogP contribution is 2.25. The third kappa shape index (κ3) is 4.33. The summed E-state index contributed by atoms with van der Waals surface area (Å²) in [5.41, 5.74) is 0.530. The first kappa shape index (κ1) is 16.1. The number of hydrogen-bond acceptors (Lipinski definition) is 3. The topological polar surface area (TPSA) is 61.4 Å². The Morgan fingerprint density at radius 1 is 1.38 bits per heavy atom. The first-order chi connectivity index (χ1) is 9.97. The summed E-state index contributed by atoms with van der Waals surface area (Å²) in [6, 6.07) is 4.58. The number of rotatable bonds is 3. The van der Waals surface area contributed by atoms with Crippen LogP contribution in [0.2, 0.25) is 10.0 Å². The molecule has 114 valence electrons. The first-order valence-electron chi connectivity index (χ1n) is 6.74. The number of anilines is 1. The van der Waals surface area contributed by atoms with Gasteiger partial charge in [0.1, 0.15) is 0 Å². The highest BCUT2D eigenvalue weighted by Gasteiger charge is 2.24. The quantitative estimate of drug-likeness (QED) is 0.893. The van der Waals surface area contributed by atoms with E-state index in [0.29, 0.717) is 41.8 Å². The van der Waals surface area contributed by atoms with E-state index in [0.717, 1.165) is 0 Å². The minimum atomic E-state index is -0.343. The molecule has 1 fully saturated rings. The van der Waals surface area contributed by atoms with Crippen molar-refractivity contribution in [2.75, 3.05) is 25.0 Å². The van der Waals surface area contributed by atoms with Crippen molar-refractivity contribution in [1.29, 1.82) is 0 Å². The number of carbonyl (C=O) groups is 2. The molecular weight excluding hydrogens is 313 g/mol. The Morgan fingerprint density at radius 2 is 2.14 bits per heavy atom. The standard InChI is InChI=1S/C14H17Cl2N3O2/c1-9(19-6-4-13(20)17-5-7-19)14(21)18-12-3-2-10(15)8-11(12)16/h2-3,8-9H,4-7H2,1H3,(H,17,20)(H,18,21)/t9-/m1/s1. The van der Waals surface area contributed by atoms with Crippen molar-refractivity contribution in [3.8, 4) is 0 Å². The van der Waals surface area contributed by atoms with E-state index in [1.165, 1.54) is 0 Å². The van der Waals surface area contributed by atoms with Crippen molar-refractivity contribution in [3.05, 3.63) is 28.2 Å². The molecule has 0 aliphatic carbocycles. The van der Waals surface area contributed by atoms with Gasteiger partial charge in [-0.3, -0.25) is 14.5 Å². The van der Waals surface area contributed by atoms with Crippen molar-refractivity contribution >= 4 is 40.7 Å². The van der Waals surface area contributed by atoms with Gasteiger partial charge >= 0.3 is 0 Å². The molecule has 1 atom stereocenters. The minimum Gasteiger partial charge on any atom is -0.355 e. The van der Waals surface area contributed by atoms with Gasteiger partial charge < -0.3 is 10.6 Å². The summed E-state index contributed by atoms with van der Waals surface area (Å²) in [7, 11) is 0. The minimum absolute atomic E-state index is 0.0193. The van der Waals surface area contributed by atoms with Gasteiger partial charge in [0.25, 0.3) is 0 Å². The summed E-state index contributed by atoms with van der Waals surface area (Å²) in [4.78, 5) is 25.6. The molecule has 1 aromatic carbocycles. The maximum atomic E-state index is 12.3. The summed E-state index contributed by atoms with van der Waals surface area (Å²) in [6.45, 7) is 3.58. The van der Waals surface area contributed by atoms with Crippen molar-refractivity contribution < 1.29 is 9.59 Å². The summed E-state index contributed by atoms with van der Waals surface area (Å²) in [6.07, 6.45) is 0.402. The Hall–Kier alpha value is -1.30. The third-order valence-corrected chi connectivity index (χ3v) is 4.01. The maximum absolute atomic E-state index is 12.3. The molecular formula is C14H17Cl2N3O2. The predicted octanol–water partition coefficient (Wildman–Crippen LogP) is 2.14. The van der Waals surface area contributed by atoms with Crippen LogP contribution in [0.4, 0.5) is 5.69 Å². The Morgan fingerprint density at radius 3 is 2.86 bits per heavy atom. The van der Waals surface area contributed by atoms with E-state index in [1.807, 2.05) is 11.8 Å². The van der Waals surface area contributed by atoms with Gasteiger partial charge in [0.05, 0.1) is 16.8 Å². The number of hydrogen-bond donors (Lipinski definition) is 2. The van der Waals surface area contributed by atoms with Crippen LogP contribution >= 0.6 is 23.2 Å². The number of carbonyl (C=O) groups excluding carboxylic acids is 2. The van der Waals surface area contributed by atoms with Crippen molar-refractivity contribution in [2.45, 2.75) is 19.4 Å². The van der Waals surface area contributed by atoms with Gasteiger partial charge in [0, 0.05) is 31.1 Å². The lowest BCUT2D eigenvalue weighted by Gasteiger charge is -2.26. The van der Waals surface area contributed by atoms with Crippen LogP contribution in [0.1, 0.15) is 13.3 Å². The fourth-order valence-electron chi connectivity index (χ4n) is 2.17. The van der Waals surface area contributed by atoms with Crippen LogP contribution in [0.5, 0.6) is 0 Å². The van der Waals surface area contributed by atoms with Gasteiger partial charge in [-0.05, 0) is 25.1 Å². The van der Waals surface area contributed by atoms with Crippen LogP contribution < -0.4 is 10.6 Å². The Kier molecular flexibility index (Phi) is 5.45. The molecule has 2 amide bonds. The molecule has 0 aromatic heterocycles. The van der Waals surface area contributed by atoms with Crippen LogP contribution in [-0.2, 0) is 9.59 Å². The fourth-order valence-corrected chi connectivity index (χ4v) is 2.62. The maximum Gasteiger partial charge on any atom is 0.241 e. The molecule has 7 heteroatoms. The first-order valence-corrected chi connectivity index (χ1v) is 7.49. The second-order valence-corrected chi connectivity index (χ2v) is 5.77. The second-order valence-electron chi connectivity index (χ2n) is 4.93. The molecule has 0 saturated carbocycles. The monoisotopic (exact) mass is 329 g/mol. The zero-order valence-electron chi connectivity index (χ0n) is 11.7. The van der Waals surface area contributed by atoms with E-state index in [9.17, 15) is 9.59 Å². The largest absolute Gasteiger partial charge is 0.355 e. The van der Waals surface area contributed by atoms with E-state index in [1.54, 1.807) is 18.2 Å². The smallest absolute Gasteiger partial charge is 0.241 e. The highest BCUT2D eigenvalue weighted by molar-refractivity contribution is 6.36. The fraction of sp³-hybridized carbons (Fsp3) is 0.429. The SMILES string of the molecule is C[C@H](C(=O)Nc1ccc(Cl)cc1Cl)N1CCNC(=O)CC1. The van der Waals surface area contributed by atoms with Gasteiger partial charge in [-0.25, -0.2) is 0 Å². The molecule has 1 saturated heterocycles. The third-order valence-electron chi connectivity index (χ3n) is 3.46. The van der Waals surface area contributed by atoms with Crippen molar-refractivity contribution in [1.82, 2.24) is 10.2 Å². The van der Waals surface area contributed by atoms with Crippen molar-refractivity contribution in [3.63, 3.8) is 0 Å². The Balaban J connectivity index is 2.00. The normalized spacial score (nSPS) is 17.8. The average molecular weight is 330 g/mol. The van der Waals surface area contributed by atoms with E-state index in [-0.39, 0.29) is 17.9 Å². The number of amides is 2. The molecule has 0 unspecified atom stereocenters. The number of nitrogens with one attached hydrogen (secondary N) is 2. The summed E-state index contributed by atoms with van der Waals surface area (Å²) in [5, 5.41) is 6.49. The van der Waals surface area contributed by atoms with E-state index in [2.05, 4.69) is 10.6 Å². The molecule has 1 heterocycles. The Labute approximate surface area is 133 Å². The van der Waals surface area contributed by atoms with Crippen LogP contribution in [0.25, 0.3) is 0 Å². The predicted molar refractivity (Wildman–Crippen MR) is 83.8 cm³/mol. The molecule has 5 nitrogen and oxygen atoms in total. The summed E-state index contributed by atoms with van der Waals surface area (Å²) < 4.78 is 0.